The van der Waals surface area contributed by atoms with Gasteiger partial charge in [0.1, 0.15) is 28.2 Å². The van der Waals surface area contributed by atoms with E-state index in [1.54, 1.807) is 12.1 Å². The molecule has 0 amide bonds. The third-order valence-electron chi connectivity index (χ3n) is 9.07. The molecule has 1 aromatic carbocycles. The molecule has 11 heteroatoms. The Bertz CT molecular complexity index is 1710. The molecule has 1 aliphatic carbocycles. The molecule has 5 heterocycles. The van der Waals surface area contributed by atoms with Crippen molar-refractivity contribution in [3.63, 3.8) is 0 Å². The highest BCUT2D eigenvalue weighted by atomic mass is 19.1. The van der Waals surface area contributed by atoms with E-state index < -0.39 is 11.9 Å². The van der Waals surface area contributed by atoms with Gasteiger partial charge in [-0.1, -0.05) is 25.1 Å². The van der Waals surface area contributed by atoms with Crippen LogP contribution in [0.15, 0.2) is 24.3 Å². The quantitative estimate of drug-likeness (QED) is 0.431. The third-order valence-corrected chi connectivity index (χ3v) is 9.07. The monoisotopic (exact) mass is 621 g/mol. The number of halogens is 2. The number of hydrogen-bond acceptors (Lipinski definition) is 9. The van der Waals surface area contributed by atoms with Crippen LogP contribution >= 0.6 is 0 Å². The van der Waals surface area contributed by atoms with Gasteiger partial charge in [-0.15, -0.1) is 0 Å². The third kappa shape index (κ3) is 6.13. The zero-order chi connectivity index (χ0) is 31.7. The van der Waals surface area contributed by atoms with Crippen LogP contribution in [0.4, 0.5) is 14.6 Å². The van der Waals surface area contributed by atoms with E-state index in [0.29, 0.717) is 65.5 Å². The van der Waals surface area contributed by atoms with Crippen LogP contribution in [-0.2, 0) is 11.2 Å². The molecule has 0 saturated carbocycles. The number of rotatable bonds is 5. The van der Waals surface area contributed by atoms with Gasteiger partial charge in [0.25, 0.3) is 0 Å². The maximum atomic E-state index is 16.4. The summed E-state index contributed by atoms with van der Waals surface area (Å²) in [7, 11) is 2.87. The summed E-state index contributed by atoms with van der Waals surface area (Å²) in [5, 5.41) is 12.1. The number of aliphatic hydroxyl groups excluding tert-OH is 1. The highest BCUT2D eigenvalue weighted by Gasteiger charge is 2.31. The summed E-state index contributed by atoms with van der Waals surface area (Å²) in [6.45, 7) is 10.7. The maximum Gasteiger partial charge on any atom is 0.318 e. The Morgan fingerprint density at radius 1 is 1.04 bits per heavy atom. The van der Waals surface area contributed by atoms with E-state index >= 15 is 4.39 Å². The molecule has 7 rings (SSSR count). The number of anilines is 1. The van der Waals surface area contributed by atoms with Crippen molar-refractivity contribution in [2.75, 3.05) is 58.5 Å². The Morgan fingerprint density at radius 2 is 1.89 bits per heavy atom. The lowest BCUT2D eigenvalue weighted by Gasteiger charge is -2.24. The number of methoxy groups -OCH3 is 2. The Hall–Kier alpha value is -3.67. The Morgan fingerprint density at radius 3 is 2.64 bits per heavy atom. The van der Waals surface area contributed by atoms with Crippen molar-refractivity contribution in [2.45, 2.75) is 57.6 Å². The number of hydrogen-bond donors (Lipinski definition) is 1. The average Bonchev–Trinajstić information content (AvgIpc) is 3.50. The van der Waals surface area contributed by atoms with Crippen LogP contribution in [-0.4, -0.2) is 90.7 Å². The summed E-state index contributed by atoms with van der Waals surface area (Å²) in [5.41, 5.74) is 2.22. The standard InChI is InChI=1S/C26H28F2N4O4.C8H13N/c1-4-16-18(27)7-6-14-12-15(33)13-17(19(14)16)22-21(28)23-20(25(29-22)34-2)24(31-26(30-23)35-3)32-8-5-10-36-11-9-32;1-7-5-8-3-2-4-9(8)6-7/h6-7,12,15,33H,4-5,8-11,13H2,1-3H3;8H,1-6H2. The summed E-state index contributed by atoms with van der Waals surface area (Å²) >= 11 is 0. The van der Waals surface area contributed by atoms with Gasteiger partial charge < -0.3 is 24.2 Å². The lowest BCUT2D eigenvalue weighted by Crippen LogP contribution is -2.38. The van der Waals surface area contributed by atoms with Crippen LogP contribution in [0.5, 0.6) is 11.9 Å². The predicted molar refractivity (Wildman–Crippen MR) is 169 cm³/mol. The van der Waals surface area contributed by atoms with Gasteiger partial charge in [-0.3, -0.25) is 4.90 Å². The molecule has 2 unspecified atom stereocenters. The van der Waals surface area contributed by atoms with E-state index in [4.69, 9.17) is 14.2 Å². The van der Waals surface area contributed by atoms with E-state index in [0.717, 1.165) is 12.5 Å². The van der Waals surface area contributed by atoms with Gasteiger partial charge in [0.05, 0.1) is 26.9 Å². The first-order valence-corrected chi connectivity index (χ1v) is 15.8. The number of aliphatic hydroxyl groups is 1. The number of nitrogens with zero attached hydrogens (tertiary/aromatic N) is 5. The minimum atomic E-state index is -0.877. The minimum Gasteiger partial charge on any atom is -0.480 e. The van der Waals surface area contributed by atoms with E-state index in [9.17, 15) is 9.50 Å². The summed E-state index contributed by atoms with van der Waals surface area (Å²) in [6.07, 6.45) is 6.12. The second kappa shape index (κ2) is 13.4. The molecule has 0 radical (unpaired) electrons. The molecule has 4 aliphatic rings. The molecule has 3 fully saturated rings. The highest BCUT2D eigenvalue weighted by molar-refractivity contribution is 5.96. The van der Waals surface area contributed by atoms with Crippen molar-refractivity contribution >= 4 is 28.4 Å². The van der Waals surface area contributed by atoms with Crippen LogP contribution in [0.1, 0.15) is 50.3 Å². The molecule has 2 atom stereocenters. The van der Waals surface area contributed by atoms with E-state index in [1.165, 1.54) is 58.2 Å². The summed E-state index contributed by atoms with van der Waals surface area (Å²) in [4.78, 5) is 17.9. The first-order chi connectivity index (χ1) is 21.8. The van der Waals surface area contributed by atoms with Crippen LogP contribution in [0.2, 0.25) is 0 Å². The summed E-state index contributed by atoms with van der Waals surface area (Å²) < 4.78 is 47.6. The van der Waals surface area contributed by atoms with Crippen molar-refractivity contribution < 1.29 is 28.1 Å². The van der Waals surface area contributed by atoms with Crippen LogP contribution < -0.4 is 24.8 Å². The molecule has 0 spiro atoms. The van der Waals surface area contributed by atoms with Crippen molar-refractivity contribution in [1.82, 2.24) is 19.9 Å². The number of fused-ring (bicyclic) bond motifs is 3. The first-order valence-electron chi connectivity index (χ1n) is 15.8. The lowest BCUT2D eigenvalue weighted by molar-refractivity contribution is 0.152. The van der Waals surface area contributed by atoms with Gasteiger partial charge in [-0.05, 0) is 72.4 Å². The van der Waals surface area contributed by atoms with Gasteiger partial charge >= 0.3 is 6.01 Å². The average molecular weight is 622 g/mol. The van der Waals surface area contributed by atoms with Gasteiger partial charge in [-0.25, -0.2) is 13.8 Å². The van der Waals surface area contributed by atoms with Crippen LogP contribution in [0.3, 0.4) is 0 Å². The topological polar surface area (TPSA) is 93.1 Å². The summed E-state index contributed by atoms with van der Waals surface area (Å²) in [5.74, 6) is -0.516. The molecule has 2 aromatic heterocycles. The smallest absolute Gasteiger partial charge is 0.318 e. The van der Waals surface area contributed by atoms with Crippen molar-refractivity contribution in [3.8, 4) is 11.9 Å². The largest absolute Gasteiger partial charge is 0.480 e. The Kier molecular flexibility index (Phi) is 9.30. The van der Waals surface area contributed by atoms with Gasteiger partial charge in [0, 0.05) is 38.7 Å². The van der Waals surface area contributed by atoms with E-state index in [1.807, 2.05) is 11.8 Å². The molecule has 9 nitrogen and oxygen atoms in total. The van der Waals surface area contributed by atoms with Crippen molar-refractivity contribution in [2.24, 2.45) is 0 Å². The van der Waals surface area contributed by atoms with Crippen LogP contribution in [0.25, 0.3) is 22.6 Å². The summed E-state index contributed by atoms with van der Waals surface area (Å²) in [6, 6.07) is 3.85. The van der Waals surface area contributed by atoms with Crippen LogP contribution in [0, 0.1) is 11.6 Å². The first kappa shape index (κ1) is 31.3. The van der Waals surface area contributed by atoms with Gasteiger partial charge in [0.15, 0.2) is 5.82 Å². The number of benzene rings is 1. The van der Waals surface area contributed by atoms with Gasteiger partial charge in [0.2, 0.25) is 5.88 Å². The molecule has 45 heavy (non-hydrogen) atoms. The molecular formula is C34H41F2N5O4. The fourth-order valence-electron chi connectivity index (χ4n) is 7.02. The fraction of sp³-hybridized carbons (Fsp3) is 0.500. The normalized spacial score (nSPS) is 21.5. The number of ether oxygens (including phenoxy) is 3. The molecule has 3 saturated heterocycles. The predicted octanol–water partition coefficient (Wildman–Crippen LogP) is 3.26. The molecule has 0 bridgehead atoms. The second-order valence-electron chi connectivity index (χ2n) is 12.0. The van der Waals surface area contributed by atoms with Crippen molar-refractivity contribution in [3.05, 3.63) is 57.6 Å². The second-order valence-corrected chi connectivity index (χ2v) is 12.0. The maximum absolute atomic E-state index is 16.4. The lowest BCUT2D eigenvalue weighted by atomic mass is 9.91. The minimum absolute atomic E-state index is 0.00322. The Labute approximate surface area is 261 Å². The zero-order valence-electron chi connectivity index (χ0n) is 26.2. The molecule has 3 aliphatic heterocycles. The molecular weight excluding hydrogens is 580 g/mol. The number of pyridine rings is 1. The molecule has 3 aromatic rings. The molecule has 1 N–H and O–H groups in total. The fourth-order valence-corrected chi connectivity index (χ4v) is 7.02. The Balaban J connectivity index is 0.000000337. The highest BCUT2D eigenvalue weighted by Crippen LogP contribution is 2.37. The van der Waals surface area contributed by atoms with E-state index in [2.05, 4.69) is 26.4 Å². The van der Waals surface area contributed by atoms with Gasteiger partial charge in [-0.2, -0.15) is 9.97 Å². The molecule has 240 valence electrons. The number of aromatic nitrogens is 3. The zero-order valence-corrected chi connectivity index (χ0v) is 26.2. The van der Waals surface area contributed by atoms with Crippen molar-refractivity contribution in [1.29, 1.82) is 0 Å². The van der Waals surface area contributed by atoms with E-state index in [-0.39, 0.29) is 35.3 Å². The SMILES string of the molecule is C=C1CC2CCCN2C1.CCc1c(F)ccc2c1=C(c1nc(OC)c3c(N4CCCOCC4)nc(OC)nc3c1F)CC(O)C=2.